The van der Waals surface area contributed by atoms with Crippen LogP contribution in [0.25, 0.3) is 0 Å². The van der Waals surface area contributed by atoms with Crippen LogP contribution in [0.3, 0.4) is 0 Å². The minimum atomic E-state index is 0.298. The quantitative estimate of drug-likeness (QED) is 0.773. The van der Waals surface area contributed by atoms with Crippen molar-refractivity contribution in [2.24, 2.45) is 0 Å². The first-order valence-corrected chi connectivity index (χ1v) is 4.96. The van der Waals surface area contributed by atoms with E-state index in [1.54, 1.807) is 12.5 Å². The van der Waals surface area contributed by atoms with E-state index in [-0.39, 0.29) is 0 Å². The molecule has 0 fully saturated rings. The van der Waals surface area contributed by atoms with Gasteiger partial charge in [0.25, 0.3) is 0 Å². The molecule has 0 aliphatic carbocycles. The Morgan fingerprint density at radius 2 is 2.53 bits per heavy atom. The predicted molar refractivity (Wildman–Crippen MR) is 55.2 cm³/mol. The van der Waals surface area contributed by atoms with Crippen molar-refractivity contribution in [1.29, 1.82) is 0 Å². The summed E-state index contributed by atoms with van der Waals surface area (Å²) in [5.74, 6) is 0.905. The number of H-pyrrole nitrogens is 1. The molecule has 2 rings (SSSR count). The van der Waals surface area contributed by atoms with Gasteiger partial charge in [-0.2, -0.15) is 5.10 Å². The third kappa shape index (κ3) is 2.66. The lowest BCUT2D eigenvalue weighted by molar-refractivity contribution is 0.538. The normalized spacial score (nSPS) is 12.9. The Morgan fingerprint density at radius 3 is 3.20 bits per heavy atom. The Hall–Kier alpha value is -1.62. The molecule has 0 spiro atoms. The molecule has 0 aromatic carbocycles. The Morgan fingerprint density at radius 1 is 1.60 bits per heavy atom. The van der Waals surface area contributed by atoms with E-state index >= 15 is 0 Å². The van der Waals surface area contributed by atoms with Crippen LogP contribution >= 0.6 is 0 Å². The van der Waals surface area contributed by atoms with Gasteiger partial charge in [0.15, 0.2) is 0 Å². The van der Waals surface area contributed by atoms with Gasteiger partial charge in [-0.25, -0.2) is 4.98 Å². The van der Waals surface area contributed by atoms with Crippen LogP contribution in [0, 0.1) is 0 Å². The molecule has 0 saturated carbocycles. The average molecular weight is 206 g/mol. The van der Waals surface area contributed by atoms with Gasteiger partial charge in [-0.15, -0.1) is 0 Å². The van der Waals surface area contributed by atoms with Gasteiger partial charge in [0.1, 0.15) is 12.2 Å². The summed E-state index contributed by atoms with van der Waals surface area (Å²) in [5.41, 5.74) is 1.16. The molecule has 2 aromatic heterocycles. The van der Waals surface area contributed by atoms with Crippen molar-refractivity contribution in [2.45, 2.75) is 19.4 Å². The van der Waals surface area contributed by atoms with Crippen molar-refractivity contribution in [1.82, 2.24) is 20.5 Å². The second-order valence-electron chi connectivity index (χ2n) is 3.41. The molecule has 2 N–H and O–H groups in total. The molecular formula is C10H14N4O. The van der Waals surface area contributed by atoms with Crippen LogP contribution in [0.2, 0.25) is 0 Å². The molecule has 0 bridgehead atoms. The fourth-order valence-corrected chi connectivity index (χ4v) is 1.40. The van der Waals surface area contributed by atoms with Crippen molar-refractivity contribution in [3.05, 3.63) is 36.3 Å². The fraction of sp³-hybridized carbons (Fsp3) is 0.400. The SMILES string of the molecule is CC(NCCc1ncn[nH]1)c1ccoc1. The first-order valence-electron chi connectivity index (χ1n) is 4.96. The van der Waals surface area contributed by atoms with Gasteiger partial charge in [-0.3, -0.25) is 5.10 Å². The topological polar surface area (TPSA) is 66.7 Å². The average Bonchev–Trinajstić information content (AvgIpc) is 2.90. The van der Waals surface area contributed by atoms with E-state index in [1.165, 1.54) is 6.33 Å². The van der Waals surface area contributed by atoms with Crippen molar-refractivity contribution in [3.8, 4) is 0 Å². The molecule has 5 nitrogen and oxygen atoms in total. The van der Waals surface area contributed by atoms with E-state index in [0.29, 0.717) is 6.04 Å². The number of hydrogen-bond donors (Lipinski definition) is 2. The minimum absolute atomic E-state index is 0.298. The summed E-state index contributed by atoms with van der Waals surface area (Å²) in [5, 5.41) is 9.99. The van der Waals surface area contributed by atoms with E-state index in [2.05, 4.69) is 27.4 Å². The van der Waals surface area contributed by atoms with E-state index in [9.17, 15) is 0 Å². The summed E-state index contributed by atoms with van der Waals surface area (Å²) in [6, 6.07) is 2.26. The smallest absolute Gasteiger partial charge is 0.137 e. The maximum atomic E-state index is 5.02. The van der Waals surface area contributed by atoms with Crippen LogP contribution in [0.4, 0.5) is 0 Å². The standard InChI is InChI=1S/C10H14N4O/c1-8(9-3-5-15-6-9)11-4-2-10-12-7-13-14-10/h3,5-8,11H,2,4H2,1H3,(H,12,13,14). The number of furan rings is 1. The molecule has 0 radical (unpaired) electrons. The molecule has 5 heteroatoms. The van der Waals surface area contributed by atoms with Crippen molar-refractivity contribution in [2.75, 3.05) is 6.54 Å². The zero-order valence-corrected chi connectivity index (χ0v) is 8.60. The fourth-order valence-electron chi connectivity index (χ4n) is 1.40. The number of aromatic amines is 1. The van der Waals surface area contributed by atoms with Gasteiger partial charge >= 0.3 is 0 Å². The zero-order valence-electron chi connectivity index (χ0n) is 8.60. The van der Waals surface area contributed by atoms with Crippen LogP contribution in [-0.2, 0) is 6.42 Å². The maximum absolute atomic E-state index is 5.02. The van der Waals surface area contributed by atoms with Crippen molar-refractivity contribution in [3.63, 3.8) is 0 Å². The van der Waals surface area contributed by atoms with Gasteiger partial charge in [-0.1, -0.05) is 0 Å². The first kappa shape index (κ1) is 9.92. The van der Waals surface area contributed by atoms with Crippen LogP contribution < -0.4 is 5.32 Å². The highest BCUT2D eigenvalue weighted by Crippen LogP contribution is 2.11. The lowest BCUT2D eigenvalue weighted by Gasteiger charge is -2.10. The molecule has 1 atom stereocenters. The first-order chi connectivity index (χ1) is 7.36. The lowest BCUT2D eigenvalue weighted by Crippen LogP contribution is -2.21. The molecule has 1 unspecified atom stereocenters. The molecule has 2 aromatic rings. The molecule has 0 saturated heterocycles. The summed E-state index contributed by atoms with van der Waals surface area (Å²) in [4.78, 5) is 4.05. The zero-order chi connectivity index (χ0) is 10.5. The van der Waals surface area contributed by atoms with Gasteiger partial charge in [0.05, 0.1) is 12.5 Å². The molecule has 15 heavy (non-hydrogen) atoms. The number of rotatable bonds is 5. The molecule has 0 amide bonds. The van der Waals surface area contributed by atoms with E-state index < -0.39 is 0 Å². The number of hydrogen-bond acceptors (Lipinski definition) is 4. The van der Waals surface area contributed by atoms with Gasteiger partial charge < -0.3 is 9.73 Å². The highest BCUT2D eigenvalue weighted by Gasteiger charge is 2.05. The van der Waals surface area contributed by atoms with Crippen molar-refractivity contribution < 1.29 is 4.42 Å². The maximum Gasteiger partial charge on any atom is 0.137 e. The van der Waals surface area contributed by atoms with Gasteiger partial charge in [-0.05, 0) is 13.0 Å². The van der Waals surface area contributed by atoms with Crippen molar-refractivity contribution >= 4 is 0 Å². The highest BCUT2D eigenvalue weighted by molar-refractivity contribution is 5.10. The summed E-state index contributed by atoms with van der Waals surface area (Å²) >= 11 is 0. The van der Waals surface area contributed by atoms with E-state index in [0.717, 1.165) is 24.4 Å². The van der Waals surface area contributed by atoms with Crippen LogP contribution in [-0.4, -0.2) is 21.7 Å². The molecule has 80 valence electrons. The van der Waals surface area contributed by atoms with Crippen LogP contribution in [0.15, 0.2) is 29.3 Å². The van der Waals surface area contributed by atoms with E-state index in [4.69, 9.17) is 4.42 Å². The largest absolute Gasteiger partial charge is 0.472 e. The number of nitrogens with zero attached hydrogens (tertiary/aromatic N) is 2. The predicted octanol–water partition coefficient (Wildman–Crippen LogP) is 1.29. The number of aromatic nitrogens is 3. The Kier molecular flexibility index (Phi) is 3.14. The third-order valence-corrected chi connectivity index (χ3v) is 2.32. The Balaban J connectivity index is 1.74. The Labute approximate surface area is 87.9 Å². The summed E-state index contributed by atoms with van der Waals surface area (Å²) in [7, 11) is 0. The molecule has 0 aliphatic rings. The second-order valence-corrected chi connectivity index (χ2v) is 3.41. The Bertz CT molecular complexity index is 368. The van der Waals surface area contributed by atoms with Gasteiger partial charge in [0.2, 0.25) is 0 Å². The molecule has 2 heterocycles. The minimum Gasteiger partial charge on any atom is -0.472 e. The molecular weight excluding hydrogens is 192 g/mol. The summed E-state index contributed by atoms with van der Waals surface area (Å²) < 4.78 is 5.02. The van der Waals surface area contributed by atoms with E-state index in [1.807, 2.05) is 6.07 Å². The summed E-state index contributed by atoms with van der Waals surface area (Å²) in [6.07, 6.45) is 5.81. The third-order valence-electron chi connectivity index (χ3n) is 2.32. The van der Waals surface area contributed by atoms with Crippen LogP contribution in [0.1, 0.15) is 24.4 Å². The van der Waals surface area contributed by atoms with Crippen LogP contribution in [0.5, 0.6) is 0 Å². The monoisotopic (exact) mass is 206 g/mol. The lowest BCUT2D eigenvalue weighted by atomic mass is 10.2. The van der Waals surface area contributed by atoms with Gasteiger partial charge in [0, 0.05) is 24.6 Å². The number of nitrogens with one attached hydrogen (secondary N) is 2. The summed E-state index contributed by atoms with van der Waals surface area (Å²) in [6.45, 7) is 2.97. The molecule has 0 aliphatic heterocycles. The second kappa shape index (κ2) is 4.75. The highest BCUT2D eigenvalue weighted by atomic mass is 16.3.